The molecule has 0 radical (unpaired) electrons. The van der Waals surface area contributed by atoms with Crippen molar-refractivity contribution in [1.82, 2.24) is 0 Å². The molecule has 4 heteroatoms. The van der Waals surface area contributed by atoms with E-state index in [0.29, 0.717) is 6.42 Å². The van der Waals surface area contributed by atoms with Crippen molar-refractivity contribution in [2.75, 3.05) is 0 Å². The lowest BCUT2D eigenvalue weighted by atomic mass is 9.94. The highest BCUT2D eigenvalue weighted by Crippen LogP contribution is 2.38. The Morgan fingerprint density at radius 1 is 1.25 bits per heavy atom. The fourth-order valence-electron chi connectivity index (χ4n) is 1.70. The first-order valence-electron chi connectivity index (χ1n) is 4.87. The summed E-state index contributed by atoms with van der Waals surface area (Å²) in [6, 6.07) is 7.85. The second kappa shape index (κ2) is 4.49. The summed E-state index contributed by atoms with van der Waals surface area (Å²) in [5.74, 6) is 0. The third kappa shape index (κ3) is 2.48. The van der Waals surface area contributed by atoms with Crippen molar-refractivity contribution in [1.29, 1.82) is 0 Å². The predicted molar refractivity (Wildman–Crippen MR) is 76.1 cm³/mol. The second-order valence-electron chi connectivity index (χ2n) is 3.82. The molecule has 1 atom stereocenters. The zero-order chi connectivity index (χ0) is 11.8. The molecule has 0 heterocycles. The van der Waals surface area contributed by atoms with E-state index in [1.807, 2.05) is 30.3 Å². The van der Waals surface area contributed by atoms with Gasteiger partial charge < -0.3 is 5.73 Å². The molecule has 0 saturated heterocycles. The van der Waals surface area contributed by atoms with E-state index in [1.165, 1.54) is 0 Å². The summed E-state index contributed by atoms with van der Waals surface area (Å²) in [7, 11) is 0. The maximum absolute atomic E-state index is 6.13. The SMILES string of the molecule is N[C@@]1(Cl)C=CC(S)=C(c2ccccc2S)C1. The number of thiol groups is 2. The van der Waals surface area contributed by atoms with Crippen LogP contribution in [0.5, 0.6) is 0 Å². The maximum atomic E-state index is 6.13. The molecule has 0 aliphatic heterocycles. The summed E-state index contributed by atoms with van der Waals surface area (Å²) in [4.78, 5) is 0.979. The zero-order valence-electron chi connectivity index (χ0n) is 8.52. The highest BCUT2D eigenvalue weighted by molar-refractivity contribution is 7.85. The molecule has 1 nitrogen and oxygen atoms in total. The van der Waals surface area contributed by atoms with Crippen molar-refractivity contribution >= 4 is 42.4 Å². The van der Waals surface area contributed by atoms with E-state index in [0.717, 1.165) is 20.9 Å². The van der Waals surface area contributed by atoms with Crippen LogP contribution in [0.4, 0.5) is 0 Å². The number of allylic oxidation sites excluding steroid dienone is 1. The zero-order valence-corrected chi connectivity index (χ0v) is 11.1. The van der Waals surface area contributed by atoms with Crippen molar-refractivity contribution in [3.63, 3.8) is 0 Å². The van der Waals surface area contributed by atoms with Crippen LogP contribution in [-0.2, 0) is 0 Å². The predicted octanol–water partition coefficient (Wildman–Crippen LogP) is 3.47. The fourth-order valence-corrected chi connectivity index (χ4v) is 2.47. The van der Waals surface area contributed by atoms with E-state index in [2.05, 4.69) is 25.3 Å². The Labute approximate surface area is 111 Å². The van der Waals surface area contributed by atoms with E-state index in [4.69, 9.17) is 17.3 Å². The molecule has 2 rings (SSSR count). The Morgan fingerprint density at radius 2 is 1.94 bits per heavy atom. The van der Waals surface area contributed by atoms with Crippen LogP contribution in [0.3, 0.4) is 0 Å². The van der Waals surface area contributed by atoms with E-state index in [1.54, 1.807) is 6.08 Å². The number of alkyl halides is 1. The van der Waals surface area contributed by atoms with E-state index in [9.17, 15) is 0 Å². The summed E-state index contributed by atoms with van der Waals surface area (Å²) in [6.07, 6.45) is 4.16. The van der Waals surface area contributed by atoms with Gasteiger partial charge in [-0.3, -0.25) is 0 Å². The number of rotatable bonds is 1. The standard InChI is InChI=1S/C12H12ClNS2/c13-12(14)6-5-11(16)9(7-12)8-3-1-2-4-10(8)15/h1-6,15-16H,7,14H2/t12-/m0/s1. The summed E-state index contributed by atoms with van der Waals surface area (Å²) in [5, 5.41) is 0. The van der Waals surface area contributed by atoms with Crippen molar-refractivity contribution in [2.24, 2.45) is 5.73 Å². The molecule has 0 fully saturated rings. The Bertz CT molecular complexity index is 478. The molecule has 2 N–H and O–H groups in total. The lowest BCUT2D eigenvalue weighted by Gasteiger charge is -2.25. The minimum Gasteiger partial charge on any atom is -0.309 e. The van der Waals surface area contributed by atoms with Crippen LogP contribution in [0.25, 0.3) is 5.57 Å². The van der Waals surface area contributed by atoms with E-state index in [-0.39, 0.29) is 0 Å². The average Bonchev–Trinajstić information content (AvgIpc) is 2.23. The normalized spacial score (nSPS) is 25.0. The molecule has 1 aromatic rings. The third-order valence-electron chi connectivity index (χ3n) is 2.50. The molecule has 1 aliphatic rings. The minimum absolute atomic E-state index is 0.557. The van der Waals surface area contributed by atoms with Gasteiger partial charge in [0.2, 0.25) is 0 Å². The molecule has 84 valence electrons. The number of benzene rings is 1. The molecule has 0 spiro atoms. The molecule has 0 aromatic heterocycles. The van der Waals surface area contributed by atoms with Gasteiger partial charge in [0, 0.05) is 16.2 Å². The number of hydrogen-bond donors (Lipinski definition) is 3. The molecular formula is C12H12ClNS2. The molecule has 1 aromatic carbocycles. The van der Waals surface area contributed by atoms with Gasteiger partial charge in [0.15, 0.2) is 0 Å². The number of nitrogens with two attached hydrogens (primary N) is 1. The van der Waals surface area contributed by atoms with Crippen LogP contribution in [0.15, 0.2) is 46.2 Å². The van der Waals surface area contributed by atoms with Gasteiger partial charge >= 0.3 is 0 Å². The van der Waals surface area contributed by atoms with Gasteiger partial charge in [0.25, 0.3) is 0 Å². The van der Waals surface area contributed by atoms with Crippen LogP contribution in [0, 0.1) is 0 Å². The Hall–Kier alpha value is -0.350. The van der Waals surface area contributed by atoms with Crippen LogP contribution in [0.2, 0.25) is 0 Å². The largest absolute Gasteiger partial charge is 0.309 e. The molecule has 0 unspecified atom stereocenters. The van der Waals surface area contributed by atoms with E-state index >= 15 is 0 Å². The molecular weight excluding hydrogens is 258 g/mol. The number of hydrogen-bond acceptors (Lipinski definition) is 3. The molecule has 0 amide bonds. The first-order chi connectivity index (χ1) is 7.49. The van der Waals surface area contributed by atoms with Gasteiger partial charge in [0.05, 0.1) is 0 Å². The Kier molecular flexibility index (Phi) is 3.40. The van der Waals surface area contributed by atoms with Crippen LogP contribution in [-0.4, -0.2) is 5.00 Å². The van der Waals surface area contributed by atoms with Gasteiger partial charge in [-0.15, -0.1) is 25.3 Å². The lowest BCUT2D eigenvalue weighted by Crippen LogP contribution is -2.32. The van der Waals surface area contributed by atoms with Gasteiger partial charge in [-0.25, -0.2) is 0 Å². The maximum Gasteiger partial charge on any atom is 0.114 e. The molecule has 0 saturated carbocycles. The van der Waals surface area contributed by atoms with E-state index < -0.39 is 5.00 Å². The van der Waals surface area contributed by atoms with Gasteiger partial charge in [0.1, 0.15) is 5.00 Å². The summed E-state index contributed by atoms with van der Waals surface area (Å²) >= 11 is 15.0. The second-order valence-corrected chi connectivity index (χ2v) is 5.49. The van der Waals surface area contributed by atoms with Crippen molar-refractivity contribution in [2.45, 2.75) is 16.3 Å². The fraction of sp³-hybridized carbons (Fsp3) is 0.167. The molecule has 1 aliphatic carbocycles. The van der Waals surface area contributed by atoms with Gasteiger partial charge in [-0.1, -0.05) is 29.8 Å². The highest BCUT2D eigenvalue weighted by Gasteiger charge is 2.25. The first-order valence-corrected chi connectivity index (χ1v) is 6.14. The summed E-state index contributed by atoms with van der Waals surface area (Å²) in [6.45, 7) is 0. The number of halogens is 1. The van der Waals surface area contributed by atoms with Gasteiger partial charge in [-0.2, -0.15) is 0 Å². The smallest absolute Gasteiger partial charge is 0.114 e. The molecule has 0 bridgehead atoms. The van der Waals surface area contributed by atoms with Crippen molar-refractivity contribution in [3.05, 3.63) is 46.9 Å². The topological polar surface area (TPSA) is 26.0 Å². The molecule has 16 heavy (non-hydrogen) atoms. The van der Waals surface area contributed by atoms with Crippen LogP contribution >= 0.6 is 36.9 Å². The highest BCUT2D eigenvalue weighted by atomic mass is 35.5. The quantitative estimate of drug-likeness (QED) is 0.406. The lowest BCUT2D eigenvalue weighted by molar-refractivity contribution is 0.752. The Morgan fingerprint density at radius 3 is 2.62 bits per heavy atom. The van der Waals surface area contributed by atoms with Crippen molar-refractivity contribution < 1.29 is 0 Å². The third-order valence-corrected chi connectivity index (χ3v) is 3.57. The van der Waals surface area contributed by atoms with Gasteiger partial charge in [-0.05, 0) is 29.4 Å². The summed E-state index contributed by atoms with van der Waals surface area (Å²) in [5.41, 5.74) is 7.98. The van der Waals surface area contributed by atoms with Crippen LogP contribution < -0.4 is 5.73 Å². The monoisotopic (exact) mass is 269 g/mol. The Balaban J connectivity index is 2.49. The van der Waals surface area contributed by atoms with Crippen molar-refractivity contribution in [3.8, 4) is 0 Å². The first kappa shape index (κ1) is 12.1. The summed E-state index contributed by atoms with van der Waals surface area (Å²) < 4.78 is 0. The minimum atomic E-state index is -0.822. The van der Waals surface area contributed by atoms with Crippen LogP contribution in [0.1, 0.15) is 12.0 Å². The average molecular weight is 270 g/mol.